The summed E-state index contributed by atoms with van der Waals surface area (Å²) < 4.78 is 0. The van der Waals surface area contributed by atoms with Crippen LogP contribution in [0, 0.1) is 34.5 Å². The lowest BCUT2D eigenvalue weighted by atomic mass is 9.48. The van der Waals surface area contributed by atoms with Crippen LogP contribution in [-0.2, 0) is 11.2 Å². The highest BCUT2D eigenvalue weighted by atomic mass is 32.1. The highest BCUT2D eigenvalue weighted by Crippen LogP contribution is 2.65. The van der Waals surface area contributed by atoms with E-state index in [0.29, 0.717) is 11.5 Å². The lowest BCUT2D eigenvalue weighted by molar-refractivity contribution is -0.122. The molecule has 3 nitrogen and oxygen atoms in total. The summed E-state index contributed by atoms with van der Waals surface area (Å²) in [5.74, 6) is 3.43. The van der Waals surface area contributed by atoms with Gasteiger partial charge >= 0.3 is 0 Å². The molecule has 3 saturated carbocycles. The third kappa shape index (κ3) is 2.73. The lowest BCUT2D eigenvalue weighted by Gasteiger charge is -2.59. The number of aryl methyl sites for hydroxylation is 1. The van der Waals surface area contributed by atoms with Crippen LogP contribution in [0.3, 0.4) is 0 Å². The summed E-state index contributed by atoms with van der Waals surface area (Å²) in [4.78, 5) is 16.4. The van der Waals surface area contributed by atoms with E-state index in [0.717, 1.165) is 36.5 Å². The molecule has 146 valence electrons. The molecular weight excluding hydrogens is 352 g/mol. The van der Waals surface area contributed by atoms with Crippen molar-refractivity contribution in [3.63, 3.8) is 0 Å². The maximum absolute atomic E-state index is 11.9. The smallest absolute Gasteiger partial charge is 0.243 e. The number of aromatic nitrogens is 1. The highest BCUT2D eigenvalue weighted by molar-refractivity contribution is 7.09. The van der Waals surface area contributed by atoms with Crippen LogP contribution in [0.4, 0.5) is 0 Å². The van der Waals surface area contributed by atoms with Gasteiger partial charge in [-0.25, -0.2) is 4.98 Å². The predicted octanol–water partition coefficient (Wildman–Crippen LogP) is 4.99. The zero-order valence-corrected chi connectivity index (χ0v) is 17.4. The van der Waals surface area contributed by atoms with Crippen LogP contribution in [0.1, 0.15) is 63.8 Å². The van der Waals surface area contributed by atoms with E-state index in [1.54, 1.807) is 6.08 Å². The van der Waals surface area contributed by atoms with Crippen LogP contribution in [0.2, 0.25) is 0 Å². The van der Waals surface area contributed by atoms with Crippen molar-refractivity contribution in [3.05, 3.63) is 28.7 Å². The molecule has 27 heavy (non-hydrogen) atoms. The maximum atomic E-state index is 11.9. The SMILES string of the molecule is C[C@]12CC[C@H]3[C@@H](CCC4NC(=O)C=C[C@@]43C)[C@@H]1CC[C@@H]2CCc1nccs1. The molecule has 0 bridgehead atoms. The number of thiazole rings is 1. The minimum Gasteiger partial charge on any atom is -0.349 e. The van der Waals surface area contributed by atoms with E-state index in [1.165, 1.54) is 43.5 Å². The molecule has 0 saturated heterocycles. The summed E-state index contributed by atoms with van der Waals surface area (Å²) in [5.41, 5.74) is 0.681. The van der Waals surface area contributed by atoms with Crippen LogP contribution in [0.5, 0.6) is 0 Å². The topological polar surface area (TPSA) is 42.0 Å². The van der Waals surface area contributed by atoms with E-state index in [1.807, 2.05) is 17.5 Å². The number of hydrogen-bond acceptors (Lipinski definition) is 3. The van der Waals surface area contributed by atoms with Crippen LogP contribution >= 0.6 is 11.3 Å². The van der Waals surface area contributed by atoms with E-state index in [-0.39, 0.29) is 11.3 Å². The number of carbonyl (C=O) groups is 1. The minimum atomic E-state index is 0.111. The Hall–Kier alpha value is -1.16. The predicted molar refractivity (Wildman–Crippen MR) is 109 cm³/mol. The molecule has 3 fully saturated rings. The number of carbonyl (C=O) groups excluding carboxylic acids is 1. The molecule has 3 aliphatic carbocycles. The molecule has 7 atom stereocenters. The van der Waals surface area contributed by atoms with Crippen molar-refractivity contribution in [2.24, 2.45) is 34.5 Å². The molecule has 0 spiro atoms. The fraction of sp³-hybridized carbons (Fsp3) is 0.739. The van der Waals surface area contributed by atoms with Crippen LogP contribution in [0.15, 0.2) is 23.7 Å². The normalized spacial score (nSPS) is 45.7. The van der Waals surface area contributed by atoms with Gasteiger partial charge in [-0.05, 0) is 86.5 Å². The summed E-state index contributed by atoms with van der Waals surface area (Å²) in [7, 11) is 0. The molecule has 1 amide bonds. The third-order valence-corrected chi connectivity index (χ3v) is 9.91. The Bertz CT molecular complexity index is 744. The minimum absolute atomic E-state index is 0.111. The van der Waals surface area contributed by atoms with Crippen molar-refractivity contribution in [2.75, 3.05) is 0 Å². The second-order valence-electron chi connectivity index (χ2n) is 10.00. The van der Waals surface area contributed by atoms with Gasteiger partial charge in [0.25, 0.3) is 0 Å². The van der Waals surface area contributed by atoms with Crippen molar-refractivity contribution in [3.8, 4) is 0 Å². The zero-order valence-electron chi connectivity index (χ0n) is 16.6. The second-order valence-corrected chi connectivity index (χ2v) is 11.0. The van der Waals surface area contributed by atoms with E-state index in [2.05, 4.69) is 35.6 Å². The van der Waals surface area contributed by atoms with Gasteiger partial charge in [0.2, 0.25) is 5.91 Å². The number of amides is 1. The van der Waals surface area contributed by atoms with Gasteiger partial charge in [-0.15, -0.1) is 11.3 Å². The first-order chi connectivity index (χ1) is 13.0. The van der Waals surface area contributed by atoms with Crippen molar-refractivity contribution in [1.29, 1.82) is 0 Å². The number of hydrogen-bond donors (Lipinski definition) is 1. The third-order valence-electron chi connectivity index (χ3n) is 9.07. The average molecular weight is 385 g/mol. The Morgan fingerprint density at radius 2 is 2.07 bits per heavy atom. The van der Waals surface area contributed by atoms with E-state index in [9.17, 15) is 4.79 Å². The molecule has 2 heterocycles. The number of fused-ring (bicyclic) bond motifs is 5. The first kappa shape index (κ1) is 17.9. The molecule has 0 aromatic carbocycles. The van der Waals surface area contributed by atoms with Gasteiger partial charge in [0.05, 0.1) is 5.01 Å². The Morgan fingerprint density at radius 3 is 2.89 bits per heavy atom. The van der Waals surface area contributed by atoms with Crippen molar-refractivity contribution in [2.45, 2.75) is 71.3 Å². The average Bonchev–Trinajstić information content (AvgIpc) is 3.28. The van der Waals surface area contributed by atoms with E-state index >= 15 is 0 Å². The summed E-state index contributed by atoms with van der Waals surface area (Å²) in [6.07, 6.45) is 16.5. The fourth-order valence-corrected chi connectivity index (χ4v) is 8.23. The van der Waals surface area contributed by atoms with Gasteiger partial charge in [-0.1, -0.05) is 19.9 Å². The number of rotatable bonds is 3. The van der Waals surface area contributed by atoms with Gasteiger partial charge in [0, 0.05) is 23.0 Å². The van der Waals surface area contributed by atoms with Gasteiger partial charge < -0.3 is 5.32 Å². The van der Waals surface area contributed by atoms with Crippen LogP contribution in [0.25, 0.3) is 0 Å². The number of nitrogens with one attached hydrogen (secondary N) is 1. The first-order valence-electron chi connectivity index (χ1n) is 10.9. The Balaban J connectivity index is 1.35. The van der Waals surface area contributed by atoms with E-state index < -0.39 is 0 Å². The Morgan fingerprint density at radius 1 is 1.19 bits per heavy atom. The summed E-state index contributed by atoms with van der Waals surface area (Å²) in [6.45, 7) is 5.03. The molecule has 1 aromatic rings. The molecule has 1 aromatic heterocycles. The maximum Gasteiger partial charge on any atom is 0.243 e. The molecule has 1 N–H and O–H groups in total. The fourth-order valence-electron chi connectivity index (χ4n) is 7.59. The summed E-state index contributed by atoms with van der Waals surface area (Å²) in [5, 5.41) is 6.69. The van der Waals surface area contributed by atoms with Gasteiger partial charge in [0.1, 0.15) is 0 Å². The molecule has 1 aliphatic heterocycles. The number of nitrogens with zero attached hydrogens (tertiary/aromatic N) is 1. The van der Waals surface area contributed by atoms with E-state index in [4.69, 9.17) is 0 Å². The van der Waals surface area contributed by atoms with Gasteiger partial charge in [0.15, 0.2) is 0 Å². The largest absolute Gasteiger partial charge is 0.349 e. The summed E-state index contributed by atoms with van der Waals surface area (Å²) in [6, 6.07) is 0.350. The molecular formula is C23H32N2OS. The first-order valence-corrected chi connectivity index (χ1v) is 11.8. The quantitative estimate of drug-likeness (QED) is 0.798. The Labute approximate surface area is 167 Å². The monoisotopic (exact) mass is 384 g/mol. The highest BCUT2D eigenvalue weighted by Gasteiger charge is 2.59. The van der Waals surface area contributed by atoms with Gasteiger partial charge in [-0.2, -0.15) is 0 Å². The molecule has 1 unspecified atom stereocenters. The molecule has 4 heteroatoms. The van der Waals surface area contributed by atoms with Crippen molar-refractivity contribution >= 4 is 17.2 Å². The molecule has 4 aliphatic rings. The standard InChI is InChI=1S/C23H32N2OS/c1-22-11-9-18-16(5-7-19-23(18,2)12-10-20(26)25-19)17(22)6-3-15(22)4-8-21-24-13-14-27-21/h10,12-19H,3-9,11H2,1-2H3,(H,25,26)/t15-,16+,17+,18+,19?,22-,23-/m1/s1. The summed E-state index contributed by atoms with van der Waals surface area (Å²) >= 11 is 1.81. The van der Waals surface area contributed by atoms with Crippen molar-refractivity contribution in [1.82, 2.24) is 10.3 Å². The second kappa shape index (κ2) is 6.43. The van der Waals surface area contributed by atoms with Gasteiger partial charge in [-0.3, -0.25) is 4.79 Å². The molecule has 0 radical (unpaired) electrons. The zero-order chi connectivity index (χ0) is 18.6. The Kier molecular flexibility index (Phi) is 4.27. The van der Waals surface area contributed by atoms with Crippen LogP contribution < -0.4 is 5.32 Å². The molecule has 5 rings (SSSR count). The van der Waals surface area contributed by atoms with Crippen LogP contribution in [-0.4, -0.2) is 16.9 Å². The lowest BCUT2D eigenvalue weighted by Crippen LogP contribution is -2.59. The van der Waals surface area contributed by atoms with Crippen molar-refractivity contribution < 1.29 is 4.79 Å².